The van der Waals surface area contributed by atoms with Crippen LogP contribution in [0.15, 0.2) is 41.8 Å². The fourth-order valence-electron chi connectivity index (χ4n) is 1.58. The molecule has 0 aliphatic heterocycles. The molecule has 2 N–H and O–H groups in total. The molecule has 6 heteroatoms. The molecule has 1 aromatic carbocycles. The molecule has 0 radical (unpaired) electrons. The van der Waals surface area contributed by atoms with Gasteiger partial charge >= 0.3 is 0 Å². The fraction of sp³-hybridized carbons (Fsp3) is 0.0714. The number of aromatic hydroxyl groups is 1. The number of hydrazone groups is 1. The number of aryl methyl sites for hydroxylation is 1. The molecule has 1 heterocycles. The second kappa shape index (κ2) is 5.92. The molecule has 0 fully saturated rings. The van der Waals surface area contributed by atoms with Gasteiger partial charge in [-0.1, -0.05) is 0 Å². The predicted octanol–water partition coefficient (Wildman–Crippen LogP) is 2.00. The highest BCUT2D eigenvalue weighted by atomic mass is 19.1. The quantitative estimate of drug-likeness (QED) is 0.663. The van der Waals surface area contributed by atoms with Gasteiger partial charge in [-0.3, -0.25) is 9.78 Å². The van der Waals surface area contributed by atoms with E-state index in [1.807, 2.05) is 0 Å². The number of pyridine rings is 1. The summed E-state index contributed by atoms with van der Waals surface area (Å²) < 4.78 is 13.3. The van der Waals surface area contributed by atoms with Gasteiger partial charge in [-0.15, -0.1) is 0 Å². The van der Waals surface area contributed by atoms with E-state index >= 15 is 0 Å². The Labute approximate surface area is 114 Å². The number of benzene rings is 1. The van der Waals surface area contributed by atoms with Crippen LogP contribution in [-0.4, -0.2) is 22.2 Å². The van der Waals surface area contributed by atoms with Crippen molar-refractivity contribution >= 4 is 12.1 Å². The molecule has 0 aliphatic rings. The van der Waals surface area contributed by atoms with Crippen molar-refractivity contribution < 1.29 is 14.3 Å². The van der Waals surface area contributed by atoms with Crippen LogP contribution in [0.1, 0.15) is 21.5 Å². The Balaban J connectivity index is 2.10. The largest absolute Gasteiger partial charge is 0.504 e. The number of halogens is 1. The molecule has 5 nitrogen and oxygen atoms in total. The number of phenols is 1. The van der Waals surface area contributed by atoms with Gasteiger partial charge in [0.2, 0.25) is 0 Å². The van der Waals surface area contributed by atoms with Gasteiger partial charge in [0.15, 0.2) is 11.6 Å². The van der Waals surface area contributed by atoms with Crippen LogP contribution in [0.4, 0.5) is 4.39 Å². The van der Waals surface area contributed by atoms with Gasteiger partial charge in [0, 0.05) is 18.0 Å². The topological polar surface area (TPSA) is 74.6 Å². The van der Waals surface area contributed by atoms with Gasteiger partial charge in [0.25, 0.3) is 5.91 Å². The molecule has 0 atom stereocenters. The Morgan fingerprint density at radius 1 is 1.50 bits per heavy atom. The van der Waals surface area contributed by atoms with Gasteiger partial charge in [0.05, 0.1) is 11.8 Å². The smallest absolute Gasteiger partial charge is 0.272 e. The number of nitrogens with one attached hydrogen (secondary N) is 1. The number of rotatable bonds is 3. The monoisotopic (exact) mass is 273 g/mol. The predicted molar refractivity (Wildman–Crippen MR) is 72.1 cm³/mol. The van der Waals surface area contributed by atoms with Crippen LogP contribution in [-0.2, 0) is 0 Å². The van der Waals surface area contributed by atoms with Crippen LogP contribution in [0.3, 0.4) is 0 Å². The Hall–Kier alpha value is -2.76. The van der Waals surface area contributed by atoms with Crippen LogP contribution in [0.25, 0.3) is 0 Å². The molecule has 0 bridgehead atoms. The summed E-state index contributed by atoms with van der Waals surface area (Å²) in [5, 5.41) is 13.2. The summed E-state index contributed by atoms with van der Waals surface area (Å²) >= 11 is 0. The van der Waals surface area contributed by atoms with E-state index in [2.05, 4.69) is 15.5 Å². The van der Waals surface area contributed by atoms with Crippen molar-refractivity contribution in [3.05, 3.63) is 59.2 Å². The van der Waals surface area contributed by atoms with Gasteiger partial charge in [-0.2, -0.15) is 5.10 Å². The second-order valence-electron chi connectivity index (χ2n) is 4.13. The first kappa shape index (κ1) is 13.7. The zero-order valence-corrected chi connectivity index (χ0v) is 10.7. The molecule has 0 saturated carbocycles. The van der Waals surface area contributed by atoms with Crippen LogP contribution >= 0.6 is 0 Å². The van der Waals surface area contributed by atoms with E-state index in [1.54, 1.807) is 31.3 Å². The van der Waals surface area contributed by atoms with Crippen molar-refractivity contribution in [3.8, 4) is 5.75 Å². The maximum atomic E-state index is 13.3. The summed E-state index contributed by atoms with van der Waals surface area (Å²) in [5.41, 5.74) is 3.45. The highest BCUT2D eigenvalue weighted by Gasteiger charge is 2.07. The third kappa shape index (κ3) is 3.17. The van der Waals surface area contributed by atoms with Crippen molar-refractivity contribution in [2.24, 2.45) is 5.10 Å². The molecule has 0 unspecified atom stereocenters. The summed E-state index contributed by atoms with van der Waals surface area (Å²) in [6.07, 6.45) is 4.13. The molecule has 1 amide bonds. The number of hydrogen-bond acceptors (Lipinski definition) is 4. The molecule has 1 aromatic heterocycles. The van der Waals surface area contributed by atoms with Crippen molar-refractivity contribution in [3.63, 3.8) is 0 Å². The molecule has 2 aromatic rings. The van der Waals surface area contributed by atoms with E-state index in [-0.39, 0.29) is 5.56 Å². The van der Waals surface area contributed by atoms with Crippen molar-refractivity contribution in [1.29, 1.82) is 0 Å². The third-order valence-electron chi connectivity index (χ3n) is 2.53. The van der Waals surface area contributed by atoms with Crippen LogP contribution < -0.4 is 5.43 Å². The number of amides is 1. The zero-order valence-electron chi connectivity index (χ0n) is 10.7. The van der Waals surface area contributed by atoms with Gasteiger partial charge in [-0.25, -0.2) is 9.82 Å². The second-order valence-corrected chi connectivity index (χ2v) is 4.13. The zero-order chi connectivity index (χ0) is 14.5. The van der Waals surface area contributed by atoms with Crippen molar-refractivity contribution in [2.45, 2.75) is 6.92 Å². The summed E-state index contributed by atoms with van der Waals surface area (Å²) in [6.45, 7) is 1.69. The van der Waals surface area contributed by atoms with Crippen molar-refractivity contribution in [2.75, 3.05) is 0 Å². The lowest BCUT2D eigenvalue weighted by Gasteiger charge is -2.02. The van der Waals surface area contributed by atoms with E-state index in [0.29, 0.717) is 11.1 Å². The summed E-state index contributed by atoms with van der Waals surface area (Å²) in [4.78, 5) is 15.5. The minimum Gasteiger partial charge on any atom is -0.504 e. The number of aromatic nitrogens is 1. The lowest BCUT2D eigenvalue weighted by atomic mass is 10.1. The molecule has 20 heavy (non-hydrogen) atoms. The first-order valence-corrected chi connectivity index (χ1v) is 5.80. The summed E-state index contributed by atoms with van der Waals surface area (Å²) in [6, 6.07) is 5.97. The average Bonchev–Trinajstić information content (AvgIpc) is 2.44. The summed E-state index contributed by atoms with van der Waals surface area (Å²) in [7, 11) is 0. The molecule has 0 spiro atoms. The maximum absolute atomic E-state index is 13.3. The Morgan fingerprint density at radius 2 is 2.30 bits per heavy atom. The maximum Gasteiger partial charge on any atom is 0.272 e. The first-order chi connectivity index (χ1) is 9.58. The molecule has 2 rings (SSSR count). The van der Waals surface area contributed by atoms with E-state index in [4.69, 9.17) is 0 Å². The minimum atomic E-state index is -0.731. The first-order valence-electron chi connectivity index (χ1n) is 5.80. The number of carbonyl (C=O) groups is 1. The van der Waals surface area contributed by atoms with Gasteiger partial charge < -0.3 is 5.11 Å². The molecule has 102 valence electrons. The van der Waals surface area contributed by atoms with E-state index in [9.17, 15) is 14.3 Å². The van der Waals surface area contributed by atoms with Gasteiger partial charge in [0.1, 0.15) is 0 Å². The molecular formula is C14H12FN3O2. The highest BCUT2D eigenvalue weighted by molar-refractivity contribution is 5.94. The van der Waals surface area contributed by atoms with Crippen molar-refractivity contribution in [1.82, 2.24) is 10.4 Å². The third-order valence-corrected chi connectivity index (χ3v) is 2.53. The van der Waals surface area contributed by atoms with Crippen LogP contribution in [0.5, 0.6) is 5.75 Å². The molecular weight excluding hydrogens is 261 g/mol. The van der Waals surface area contributed by atoms with E-state index in [0.717, 1.165) is 0 Å². The standard InChI is InChI=1S/C14H12FN3O2/c1-9-5-11(13(19)12(15)6-9)8-17-18-14(20)10-3-2-4-16-7-10/h2-8,19H,1H3,(H,18,20)/b17-8+. The SMILES string of the molecule is Cc1cc(F)c(O)c(/C=N/NC(=O)c2cccnc2)c1. The average molecular weight is 273 g/mol. The Kier molecular flexibility index (Phi) is 4.05. The molecule has 0 saturated heterocycles. The number of carbonyl (C=O) groups excluding carboxylic acids is 1. The van der Waals surface area contributed by atoms with Gasteiger partial charge in [-0.05, 0) is 36.8 Å². The minimum absolute atomic E-state index is 0.189. The number of phenolic OH excluding ortho intramolecular Hbond substituents is 1. The van der Waals surface area contributed by atoms with Crippen LogP contribution in [0.2, 0.25) is 0 Å². The van der Waals surface area contributed by atoms with E-state index in [1.165, 1.54) is 18.5 Å². The molecule has 0 aliphatic carbocycles. The lowest BCUT2D eigenvalue weighted by Crippen LogP contribution is -2.17. The highest BCUT2D eigenvalue weighted by Crippen LogP contribution is 2.21. The number of nitrogens with zero attached hydrogens (tertiary/aromatic N) is 2. The Morgan fingerprint density at radius 3 is 3.00 bits per heavy atom. The summed E-state index contributed by atoms with van der Waals surface area (Å²) in [5.74, 6) is -1.68. The number of hydrogen-bond donors (Lipinski definition) is 2. The fourth-order valence-corrected chi connectivity index (χ4v) is 1.58. The van der Waals surface area contributed by atoms with E-state index < -0.39 is 17.5 Å². The Bertz CT molecular complexity index is 657. The normalized spacial score (nSPS) is 10.7. The lowest BCUT2D eigenvalue weighted by molar-refractivity contribution is 0.0954. The van der Waals surface area contributed by atoms with Crippen LogP contribution in [0, 0.1) is 12.7 Å².